The van der Waals surface area contributed by atoms with Crippen LogP contribution < -0.4 is 0 Å². The molecule has 1 saturated heterocycles. The van der Waals surface area contributed by atoms with Gasteiger partial charge >= 0.3 is 0 Å². The van der Waals surface area contributed by atoms with Gasteiger partial charge in [0.05, 0.1) is 6.61 Å². The molecule has 0 amide bonds. The first kappa shape index (κ1) is 9.93. The first-order chi connectivity index (χ1) is 5.63. The molecule has 1 rings (SSSR count). The van der Waals surface area contributed by atoms with Crippen LogP contribution in [0.4, 0.5) is 4.39 Å². The average molecular weight is 175 g/mol. The van der Waals surface area contributed by atoms with Crippen molar-refractivity contribution < 1.29 is 9.50 Å². The Balaban J connectivity index is 2.40. The van der Waals surface area contributed by atoms with Gasteiger partial charge in [-0.15, -0.1) is 0 Å². The number of aliphatic hydroxyl groups excluding tert-OH is 1. The van der Waals surface area contributed by atoms with E-state index in [9.17, 15) is 4.39 Å². The van der Waals surface area contributed by atoms with Gasteiger partial charge in [0.15, 0.2) is 0 Å². The molecule has 1 aliphatic rings. The molecule has 2 nitrogen and oxygen atoms in total. The van der Waals surface area contributed by atoms with Crippen LogP contribution in [-0.4, -0.2) is 41.9 Å². The quantitative estimate of drug-likeness (QED) is 0.693. The summed E-state index contributed by atoms with van der Waals surface area (Å²) in [6.45, 7) is 5.71. The molecule has 0 bridgehead atoms. The number of alkyl halides is 1. The number of nitrogens with zero attached hydrogens (tertiary/aromatic N) is 1. The summed E-state index contributed by atoms with van der Waals surface area (Å²) < 4.78 is 12.9. The minimum absolute atomic E-state index is 0.0578. The third-order valence-corrected chi connectivity index (χ3v) is 2.29. The summed E-state index contributed by atoms with van der Waals surface area (Å²) in [5, 5.41) is 8.96. The van der Waals surface area contributed by atoms with Gasteiger partial charge in [0.1, 0.15) is 6.17 Å². The summed E-state index contributed by atoms with van der Waals surface area (Å²) in [6.07, 6.45) is -0.232. The Bertz CT molecular complexity index is 140. The zero-order valence-electron chi connectivity index (χ0n) is 7.83. The van der Waals surface area contributed by atoms with E-state index in [-0.39, 0.29) is 12.6 Å². The van der Waals surface area contributed by atoms with Crippen molar-refractivity contribution in [1.82, 2.24) is 4.90 Å². The third kappa shape index (κ3) is 2.42. The van der Waals surface area contributed by atoms with Crippen molar-refractivity contribution in [3.8, 4) is 0 Å². The average Bonchev–Trinajstić information content (AvgIpc) is 2.29. The predicted octanol–water partition coefficient (Wildman–Crippen LogP) is 1.05. The Morgan fingerprint density at radius 1 is 1.58 bits per heavy atom. The summed E-state index contributed by atoms with van der Waals surface area (Å²) >= 11 is 0. The maximum atomic E-state index is 12.9. The van der Waals surface area contributed by atoms with Gasteiger partial charge in [0.25, 0.3) is 0 Å². The van der Waals surface area contributed by atoms with Crippen molar-refractivity contribution in [2.75, 3.05) is 19.7 Å². The highest BCUT2D eigenvalue weighted by Gasteiger charge is 2.31. The highest BCUT2D eigenvalue weighted by atomic mass is 19.1. The monoisotopic (exact) mass is 175 g/mol. The van der Waals surface area contributed by atoms with E-state index in [0.717, 1.165) is 6.54 Å². The first-order valence-corrected chi connectivity index (χ1v) is 4.62. The Labute approximate surface area is 73.4 Å². The molecule has 0 saturated carbocycles. The van der Waals surface area contributed by atoms with Crippen LogP contribution >= 0.6 is 0 Å². The van der Waals surface area contributed by atoms with Crippen LogP contribution in [0.15, 0.2) is 0 Å². The van der Waals surface area contributed by atoms with Gasteiger partial charge in [0.2, 0.25) is 0 Å². The van der Waals surface area contributed by atoms with Crippen molar-refractivity contribution in [2.45, 2.75) is 32.5 Å². The van der Waals surface area contributed by atoms with Gasteiger partial charge in [-0.1, -0.05) is 13.8 Å². The Morgan fingerprint density at radius 2 is 2.25 bits per heavy atom. The summed E-state index contributed by atoms with van der Waals surface area (Å²) in [5.41, 5.74) is 0. The van der Waals surface area contributed by atoms with Crippen molar-refractivity contribution >= 4 is 0 Å². The third-order valence-electron chi connectivity index (χ3n) is 2.29. The molecule has 1 aliphatic heterocycles. The summed E-state index contributed by atoms with van der Waals surface area (Å²) in [7, 11) is 0. The van der Waals surface area contributed by atoms with Crippen LogP contribution in [0.5, 0.6) is 0 Å². The molecule has 12 heavy (non-hydrogen) atoms. The first-order valence-electron chi connectivity index (χ1n) is 4.62. The molecule has 3 heteroatoms. The second kappa shape index (κ2) is 4.19. The van der Waals surface area contributed by atoms with E-state index >= 15 is 0 Å². The van der Waals surface area contributed by atoms with E-state index in [4.69, 9.17) is 5.11 Å². The van der Waals surface area contributed by atoms with Gasteiger partial charge in [-0.25, -0.2) is 4.39 Å². The molecule has 0 aromatic heterocycles. The lowest BCUT2D eigenvalue weighted by molar-refractivity contribution is 0.147. The van der Waals surface area contributed by atoms with E-state index in [1.54, 1.807) is 0 Å². The van der Waals surface area contributed by atoms with E-state index in [1.807, 2.05) is 0 Å². The molecule has 0 aromatic rings. The largest absolute Gasteiger partial charge is 0.395 e. The van der Waals surface area contributed by atoms with Crippen molar-refractivity contribution in [1.29, 1.82) is 0 Å². The zero-order chi connectivity index (χ0) is 9.14. The molecule has 0 unspecified atom stereocenters. The second-order valence-electron chi connectivity index (χ2n) is 4.02. The fourth-order valence-electron chi connectivity index (χ4n) is 1.80. The van der Waals surface area contributed by atoms with E-state index in [1.165, 1.54) is 0 Å². The van der Waals surface area contributed by atoms with E-state index in [0.29, 0.717) is 18.9 Å². The topological polar surface area (TPSA) is 23.5 Å². The second-order valence-corrected chi connectivity index (χ2v) is 4.02. The maximum Gasteiger partial charge on any atom is 0.114 e. The van der Waals surface area contributed by atoms with Crippen LogP contribution in [0.3, 0.4) is 0 Å². The molecule has 2 atom stereocenters. The highest BCUT2D eigenvalue weighted by molar-refractivity contribution is 4.85. The molecular weight excluding hydrogens is 157 g/mol. The standard InChI is InChI=1S/C9H18FNO/c1-7(2)4-11-5-8(10)3-9(11)6-12/h7-9,12H,3-6H2,1-2H3/t8-,9-/m0/s1. The molecule has 1 heterocycles. The number of aliphatic hydroxyl groups is 1. The zero-order valence-corrected chi connectivity index (χ0v) is 7.83. The van der Waals surface area contributed by atoms with Crippen LogP contribution in [-0.2, 0) is 0 Å². The minimum Gasteiger partial charge on any atom is -0.395 e. The highest BCUT2D eigenvalue weighted by Crippen LogP contribution is 2.20. The van der Waals surface area contributed by atoms with E-state index in [2.05, 4.69) is 18.7 Å². The molecule has 0 aliphatic carbocycles. The Kier molecular flexibility index (Phi) is 3.47. The molecular formula is C9H18FNO. The number of halogens is 1. The lowest BCUT2D eigenvalue weighted by Gasteiger charge is -2.23. The minimum atomic E-state index is -0.735. The molecule has 1 fully saturated rings. The van der Waals surface area contributed by atoms with Gasteiger partial charge in [-0.2, -0.15) is 0 Å². The summed E-state index contributed by atoms with van der Waals surface area (Å²) in [6, 6.07) is 0.0578. The Morgan fingerprint density at radius 3 is 2.75 bits per heavy atom. The van der Waals surface area contributed by atoms with Crippen molar-refractivity contribution in [2.24, 2.45) is 5.92 Å². The maximum absolute atomic E-state index is 12.9. The van der Waals surface area contributed by atoms with Gasteiger partial charge in [-0.05, 0) is 12.3 Å². The van der Waals surface area contributed by atoms with Gasteiger partial charge < -0.3 is 5.11 Å². The van der Waals surface area contributed by atoms with Crippen LogP contribution in [0, 0.1) is 5.92 Å². The lowest BCUT2D eigenvalue weighted by atomic mass is 10.2. The number of rotatable bonds is 3. The van der Waals surface area contributed by atoms with Gasteiger partial charge in [-0.3, -0.25) is 4.90 Å². The number of hydrogen-bond donors (Lipinski definition) is 1. The SMILES string of the molecule is CC(C)CN1C[C@@H](F)C[C@H]1CO. The predicted molar refractivity (Wildman–Crippen MR) is 46.8 cm³/mol. The van der Waals surface area contributed by atoms with Gasteiger partial charge in [0, 0.05) is 19.1 Å². The molecule has 72 valence electrons. The van der Waals surface area contributed by atoms with Crippen molar-refractivity contribution in [3.05, 3.63) is 0 Å². The van der Waals surface area contributed by atoms with Crippen LogP contribution in [0.1, 0.15) is 20.3 Å². The van der Waals surface area contributed by atoms with E-state index < -0.39 is 6.17 Å². The fourth-order valence-corrected chi connectivity index (χ4v) is 1.80. The summed E-state index contributed by atoms with van der Waals surface area (Å²) in [4.78, 5) is 2.05. The number of likely N-dealkylation sites (tertiary alicyclic amines) is 1. The fraction of sp³-hybridized carbons (Fsp3) is 1.00. The molecule has 0 spiro atoms. The molecule has 0 radical (unpaired) electrons. The normalized spacial score (nSPS) is 31.8. The molecule has 1 N–H and O–H groups in total. The number of hydrogen-bond acceptors (Lipinski definition) is 2. The molecule has 0 aromatic carbocycles. The van der Waals surface area contributed by atoms with Crippen molar-refractivity contribution in [3.63, 3.8) is 0 Å². The Hall–Kier alpha value is -0.150. The smallest absolute Gasteiger partial charge is 0.114 e. The van der Waals surface area contributed by atoms with Crippen LogP contribution in [0.25, 0.3) is 0 Å². The summed E-state index contributed by atoms with van der Waals surface area (Å²) in [5.74, 6) is 0.546. The lowest BCUT2D eigenvalue weighted by Crippen LogP contribution is -2.35. The van der Waals surface area contributed by atoms with Crippen LogP contribution in [0.2, 0.25) is 0 Å².